The highest BCUT2D eigenvalue weighted by atomic mass is 16.5. The Morgan fingerprint density at radius 2 is 2.00 bits per heavy atom. The topological polar surface area (TPSA) is 50.4 Å². The smallest absolute Gasteiger partial charge is 0.251 e. The molecule has 1 heterocycles. The number of hydrogen-bond donors (Lipinski definition) is 2. The second kappa shape index (κ2) is 5.83. The molecule has 1 amide bonds. The van der Waals surface area contributed by atoms with Gasteiger partial charge in [-0.3, -0.25) is 4.79 Å². The molecule has 4 heteroatoms. The van der Waals surface area contributed by atoms with Crippen LogP contribution in [0.3, 0.4) is 0 Å². The van der Waals surface area contributed by atoms with Gasteiger partial charge in [0.15, 0.2) is 0 Å². The molecule has 4 nitrogen and oxygen atoms in total. The van der Waals surface area contributed by atoms with Crippen LogP contribution < -0.4 is 10.6 Å². The molecule has 0 spiro atoms. The van der Waals surface area contributed by atoms with Crippen LogP contribution in [-0.4, -0.2) is 31.2 Å². The van der Waals surface area contributed by atoms with Crippen molar-refractivity contribution in [3.63, 3.8) is 0 Å². The van der Waals surface area contributed by atoms with Crippen LogP contribution in [0.4, 0.5) is 5.69 Å². The highest BCUT2D eigenvalue weighted by Crippen LogP contribution is 2.38. The molecule has 20 heavy (non-hydrogen) atoms. The van der Waals surface area contributed by atoms with Gasteiger partial charge >= 0.3 is 0 Å². The lowest BCUT2D eigenvalue weighted by Crippen LogP contribution is -2.41. The third kappa shape index (κ3) is 2.96. The average molecular weight is 274 g/mol. The first kappa shape index (κ1) is 13.4. The molecule has 108 valence electrons. The summed E-state index contributed by atoms with van der Waals surface area (Å²) in [4.78, 5) is 12.3. The van der Waals surface area contributed by atoms with Gasteiger partial charge in [0, 0.05) is 24.4 Å². The van der Waals surface area contributed by atoms with E-state index in [-0.39, 0.29) is 18.1 Å². The van der Waals surface area contributed by atoms with E-state index in [1.165, 1.54) is 12.8 Å². The van der Waals surface area contributed by atoms with Crippen LogP contribution in [0.5, 0.6) is 0 Å². The second-order valence-corrected chi connectivity index (χ2v) is 5.65. The summed E-state index contributed by atoms with van der Waals surface area (Å²) in [6, 6.07) is 7.82. The Balaban J connectivity index is 1.60. The monoisotopic (exact) mass is 274 g/mol. The molecule has 1 aromatic carbocycles. The van der Waals surface area contributed by atoms with Crippen LogP contribution in [-0.2, 0) is 4.74 Å². The number of carbonyl (C=O) groups is 1. The lowest BCUT2D eigenvalue weighted by Gasteiger charge is -2.19. The quantitative estimate of drug-likeness (QED) is 0.867. The average Bonchev–Trinajstić information content (AvgIpc) is 3.20. The molecule has 0 radical (unpaired) electrons. The summed E-state index contributed by atoms with van der Waals surface area (Å²) in [5, 5.41) is 6.36. The fraction of sp³-hybridized carbons (Fsp3) is 0.562. The van der Waals surface area contributed by atoms with Crippen molar-refractivity contribution < 1.29 is 9.53 Å². The fourth-order valence-corrected chi connectivity index (χ4v) is 2.85. The predicted molar refractivity (Wildman–Crippen MR) is 78.9 cm³/mol. The van der Waals surface area contributed by atoms with Gasteiger partial charge < -0.3 is 15.4 Å². The molecule has 2 N–H and O–H groups in total. The van der Waals surface area contributed by atoms with Gasteiger partial charge in [0.25, 0.3) is 5.91 Å². The number of hydrogen-bond acceptors (Lipinski definition) is 3. The van der Waals surface area contributed by atoms with Crippen molar-refractivity contribution in [2.24, 2.45) is 5.92 Å². The van der Waals surface area contributed by atoms with E-state index in [1.807, 2.05) is 24.3 Å². The number of anilines is 1. The fourth-order valence-electron chi connectivity index (χ4n) is 2.85. The largest absolute Gasteiger partial charge is 0.385 e. The van der Waals surface area contributed by atoms with E-state index in [1.54, 1.807) is 0 Å². The molecule has 3 rings (SSSR count). The molecular formula is C16H22N2O2. The van der Waals surface area contributed by atoms with Gasteiger partial charge in [-0.2, -0.15) is 0 Å². The van der Waals surface area contributed by atoms with Crippen LogP contribution in [0.15, 0.2) is 24.3 Å². The van der Waals surface area contributed by atoms with E-state index in [0.29, 0.717) is 11.5 Å². The first-order valence-electron chi connectivity index (χ1n) is 7.54. The molecule has 0 bridgehead atoms. The van der Waals surface area contributed by atoms with E-state index >= 15 is 0 Å². The van der Waals surface area contributed by atoms with Gasteiger partial charge in [-0.1, -0.05) is 0 Å². The molecule has 1 aliphatic carbocycles. The van der Waals surface area contributed by atoms with E-state index in [2.05, 4.69) is 17.6 Å². The Labute approximate surface area is 119 Å². The standard InChI is InChI=1S/C16H22N2O2/c1-2-17-13-7-5-12(6-8-13)16(19)18-14-9-10-20-15(14)11-3-4-11/h5-8,11,14-15,17H,2-4,9-10H2,1H3,(H,18,19). The number of amides is 1. The lowest BCUT2D eigenvalue weighted by atomic mass is 10.1. The minimum atomic E-state index is 0.00852. The Bertz CT molecular complexity index is 468. The maximum atomic E-state index is 12.3. The lowest BCUT2D eigenvalue weighted by molar-refractivity contribution is 0.0729. The van der Waals surface area contributed by atoms with Crippen molar-refractivity contribution in [1.29, 1.82) is 0 Å². The van der Waals surface area contributed by atoms with Crippen molar-refractivity contribution in [3.05, 3.63) is 29.8 Å². The summed E-state index contributed by atoms with van der Waals surface area (Å²) < 4.78 is 5.75. The summed E-state index contributed by atoms with van der Waals surface area (Å²) in [5.74, 6) is 0.674. The zero-order chi connectivity index (χ0) is 13.9. The molecule has 1 saturated heterocycles. The maximum absolute atomic E-state index is 12.3. The van der Waals surface area contributed by atoms with Gasteiger partial charge in [0.05, 0.1) is 12.1 Å². The van der Waals surface area contributed by atoms with E-state index in [9.17, 15) is 4.79 Å². The predicted octanol–water partition coefficient (Wildman–Crippen LogP) is 2.42. The molecular weight excluding hydrogens is 252 g/mol. The Morgan fingerprint density at radius 3 is 2.65 bits per heavy atom. The van der Waals surface area contributed by atoms with Crippen LogP contribution >= 0.6 is 0 Å². The molecule has 2 aliphatic rings. The molecule has 1 aliphatic heterocycles. The number of rotatable bonds is 5. The number of benzene rings is 1. The van der Waals surface area contributed by atoms with Crippen molar-refractivity contribution in [2.45, 2.75) is 38.3 Å². The van der Waals surface area contributed by atoms with E-state index < -0.39 is 0 Å². The molecule has 0 aromatic heterocycles. The highest BCUT2D eigenvalue weighted by molar-refractivity contribution is 5.94. The second-order valence-electron chi connectivity index (χ2n) is 5.65. The van der Waals surface area contributed by atoms with Crippen molar-refractivity contribution in [1.82, 2.24) is 5.32 Å². The van der Waals surface area contributed by atoms with Crippen molar-refractivity contribution >= 4 is 11.6 Å². The van der Waals surface area contributed by atoms with Crippen LogP contribution in [0.25, 0.3) is 0 Å². The Morgan fingerprint density at radius 1 is 1.25 bits per heavy atom. The third-order valence-electron chi connectivity index (χ3n) is 4.07. The Kier molecular flexibility index (Phi) is 3.92. The van der Waals surface area contributed by atoms with Gasteiger partial charge in [0.2, 0.25) is 0 Å². The number of carbonyl (C=O) groups excluding carboxylic acids is 1. The highest BCUT2D eigenvalue weighted by Gasteiger charge is 2.41. The van der Waals surface area contributed by atoms with E-state index in [4.69, 9.17) is 4.74 Å². The van der Waals surface area contributed by atoms with Crippen LogP contribution in [0.2, 0.25) is 0 Å². The SMILES string of the molecule is CCNc1ccc(C(=O)NC2CCOC2C2CC2)cc1. The van der Waals surface area contributed by atoms with Crippen molar-refractivity contribution in [3.8, 4) is 0 Å². The molecule has 2 atom stereocenters. The van der Waals surface area contributed by atoms with Crippen molar-refractivity contribution in [2.75, 3.05) is 18.5 Å². The zero-order valence-electron chi connectivity index (χ0n) is 11.9. The molecule has 2 unspecified atom stereocenters. The summed E-state index contributed by atoms with van der Waals surface area (Å²) in [7, 11) is 0. The third-order valence-corrected chi connectivity index (χ3v) is 4.07. The summed E-state index contributed by atoms with van der Waals surface area (Å²) in [5.41, 5.74) is 1.76. The van der Waals surface area contributed by atoms with Crippen LogP contribution in [0.1, 0.15) is 36.5 Å². The Hall–Kier alpha value is -1.55. The summed E-state index contributed by atoms with van der Waals surface area (Å²) >= 11 is 0. The zero-order valence-corrected chi connectivity index (χ0v) is 11.9. The normalized spacial score (nSPS) is 25.4. The number of nitrogens with one attached hydrogen (secondary N) is 2. The van der Waals surface area contributed by atoms with Gasteiger partial charge in [-0.25, -0.2) is 0 Å². The van der Waals surface area contributed by atoms with Gasteiger partial charge in [-0.05, 0) is 56.4 Å². The first-order chi connectivity index (χ1) is 9.78. The maximum Gasteiger partial charge on any atom is 0.251 e. The van der Waals surface area contributed by atoms with Gasteiger partial charge in [0.1, 0.15) is 0 Å². The number of ether oxygens (including phenoxy) is 1. The molecule has 1 saturated carbocycles. The summed E-state index contributed by atoms with van der Waals surface area (Å²) in [6.07, 6.45) is 3.66. The van der Waals surface area contributed by atoms with Crippen LogP contribution in [0, 0.1) is 5.92 Å². The molecule has 1 aromatic rings. The minimum absolute atomic E-state index is 0.00852. The minimum Gasteiger partial charge on any atom is -0.385 e. The first-order valence-corrected chi connectivity index (χ1v) is 7.54. The summed E-state index contributed by atoms with van der Waals surface area (Å²) in [6.45, 7) is 3.71. The van der Waals surface area contributed by atoms with E-state index in [0.717, 1.165) is 25.3 Å². The van der Waals surface area contributed by atoms with Gasteiger partial charge in [-0.15, -0.1) is 0 Å². The molecule has 2 fully saturated rings.